The van der Waals surface area contributed by atoms with Crippen LogP contribution in [0.5, 0.6) is 11.5 Å². The van der Waals surface area contributed by atoms with Gasteiger partial charge >= 0.3 is 18.3 Å². The number of aromatic hydroxyl groups is 1. The van der Waals surface area contributed by atoms with Crippen LogP contribution in [0.2, 0.25) is 0 Å². The van der Waals surface area contributed by atoms with Crippen molar-refractivity contribution in [3.63, 3.8) is 0 Å². The van der Waals surface area contributed by atoms with Crippen molar-refractivity contribution in [2.24, 2.45) is 16.7 Å². The van der Waals surface area contributed by atoms with Crippen molar-refractivity contribution >= 4 is 30.2 Å². The van der Waals surface area contributed by atoms with E-state index < -0.39 is 65.2 Å². The molecule has 0 spiro atoms. The third kappa shape index (κ3) is 17.4. The first-order valence-corrected chi connectivity index (χ1v) is 26.2. The molecule has 16 nitrogen and oxygen atoms in total. The number of alkyl carbamates (subject to hydrolysis) is 2. The number of hydrazine groups is 1. The standard InChI is InChI=1S/C60H80N6O10/c1-13-14-16-23-42-34-48(67)51(45-32-39(4)25-30-44(45)38(2)3)49(35-42)75-58(72)76-50(47(33-40-21-17-15-18-22-40)62-54(68)52(59(5,6)7)63-56(70)73-11)37-66(65-55(69)53(60(8,9)10)64-57(71)74-12)36-41-26-28-43(29-27-41)46-24-19-20-31-61-46/h15,17-22,24,26-29,31-32,34-35,44-45,47,50,52-53,67H,2,13-14,16,23,25,30,33,36-37H2,1,3-12H3,(H,62,68)(H,63,70)(H,64,71)(H,65,69)/t44?,45?,47-,50-,52+,53+/m0/s1. The summed E-state index contributed by atoms with van der Waals surface area (Å²) in [5, 5.41) is 22.0. The number of rotatable bonds is 22. The number of hydrogen-bond donors (Lipinski definition) is 5. The van der Waals surface area contributed by atoms with Gasteiger partial charge in [0.15, 0.2) is 0 Å². The molecule has 5 rings (SSSR count). The maximum atomic E-state index is 15.0. The average molecular weight is 1050 g/mol. The molecule has 5 N–H and O–H groups in total. The van der Waals surface area contributed by atoms with Gasteiger partial charge in [0, 0.05) is 29.8 Å². The quantitative estimate of drug-likeness (QED) is 0.0124. The fourth-order valence-corrected chi connectivity index (χ4v) is 9.44. The average Bonchev–Trinajstić information content (AvgIpc) is 3.36. The molecule has 0 saturated heterocycles. The van der Waals surface area contributed by atoms with E-state index >= 15 is 0 Å². The second kappa shape index (κ2) is 27.5. The number of benzene rings is 3. The van der Waals surface area contributed by atoms with Gasteiger partial charge in [-0.05, 0) is 104 Å². The van der Waals surface area contributed by atoms with E-state index in [9.17, 15) is 29.1 Å². The predicted octanol–water partition coefficient (Wildman–Crippen LogP) is 10.9. The van der Waals surface area contributed by atoms with Crippen molar-refractivity contribution in [1.82, 2.24) is 31.4 Å². The van der Waals surface area contributed by atoms with E-state index in [-0.39, 0.29) is 42.8 Å². The van der Waals surface area contributed by atoms with Gasteiger partial charge in [0.25, 0.3) is 5.91 Å². The number of methoxy groups -OCH3 is 2. The molecule has 1 aromatic heterocycles. The summed E-state index contributed by atoms with van der Waals surface area (Å²) in [5.74, 6) is -1.54. The Morgan fingerprint density at radius 1 is 0.803 bits per heavy atom. The smallest absolute Gasteiger partial charge is 0.507 e. The molecule has 4 amide bonds. The summed E-state index contributed by atoms with van der Waals surface area (Å²) in [5.41, 5.74) is 7.70. The van der Waals surface area contributed by atoms with Crippen LogP contribution in [0.3, 0.4) is 0 Å². The van der Waals surface area contributed by atoms with Crippen LogP contribution < -0.4 is 26.1 Å². The lowest BCUT2D eigenvalue weighted by molar-refractivity contribution is -0.132. The van der Waals surface area contributed by atoms with Crippen molar-refractivity contribution in [2.45, 2.75) is 144 Å². The van der Waals surface area contributed by atoms with Crippen molar-refractivity contribution in [3.05, 3.63) is 137 Å². The molecule has 6 atom stereocenters. The number of ether oxygens (including phenoxy) is 4. The molecule has 0 saturated carbocycles. The van der Waals surface area contributed by atoms with Gasteiger partial charge in [-0.1, -0.05) is 146 Å². The van der Waals surface area contributed by atoms with Gasteiger partial charge in [-0.15, -0.1) is 0 Å². The topological polar surface area (TPSA) is 207 Å². The lowest BCUT2D eigenvalue weighted by Crippen LogP contribution is -2.61. The number of phenols is 1. The van der Waals surface area contributed by atoms with E-state index in [4.69, 9.17) is 18.9 Å². The summed E-state index contributed by atoms with van der Waals surface area (Å²) in [6.07, 6.45) is 4.84. The molecule has 3 aromatic carbocycles. The summed E-state index contributed by atoms with van der Waals surface area (Å²) in [4.78, 5) is 74.3. The highest BCUT2D eigenvalue weighted by Crippen LogP contribution is 2.47. The summed E-state index contributed by atoms with van der Waals surface area (Å²) >= 11 is 0. The number of carbonyl (C=O) groups is 5. The van der Waals surface area contributed by atoms with Crippen molar-refractivity contribution in [2.75, 3.05) is 20.8 Å². The number of hydrogen-bond acceptors (Lipinski definition) is 12. The molecule has 0 fully saturated rings. The van der Waals surface area contributed by atoms with Gasteiger partial charge < -0.3 is 40.0 Å². The second-order valence-corrected chi connectivity index (χ2v) is 22.0. The lowest BCUT2D eigenvalue weighted by Gasteiger charge is -2.37. The highest BCUT2D eigenvalue weighted by Gasteiger charge is 2.40. The van der Waals surface area contributed by atoms with E-state index in [1.54, 1.807) is 64.9 Å². The summed E-state index contributed by atoms with van der Waals surface area (Å²) in [7, 11) is 2.41. The normalized spacial score (nSPS) is 16.2. The Morgan fingerprint density at radius 2 is 1.43 bits per heavy atom. The second-order valence-electron chi connectivity index (χ2n) is 22.0. The molecule has 0 aliphatic heterocycles. The van der Waals surface area contributed by atoms with E-state index in [2.05, 4.69) is 45.9 Å². The molecule has 4 aromatic rings. The molecule has 1 aliphatic carbocycles. The molecule has 410 valence electrons. The van der Waals surface area contributed by atoms with Gasteiger partial charge in [-0.25, -0.2) is 19.4 Å². The van der Waals surface area contributed by atoms with Crippen LogP contribution in [0.15, 0.2) is 115 Å². The van der Waals surface area contributed by atoms with Crippen molar-refractivity contribution < 1.29 is 48.0 Å². The highest BCUT2D eigenvalue weighted by molar-refractivity contribution is 5.87. The number of nitrogens with zero attached hydrogens (tertiary/aromatic N) is 2. The van der Waals surface area contributed by atoms with E-state index in [1.165, 1.54) is 14.2 Å². The number of phenolic OH excluding ortho intramolecular Hbond substituents is 1. The fourth-order valence-electron chi connectivity index (χ4n) is 9.44. The minimum Gasteiger partial charge on any atom is -0.507 e. The van der Waals surface area contributed by atoms with Crippen LogP contribution in [0.25, 0.3) is 11.3 Å². The van der Waals surface area contributed by atoms with Gasteiger partial charge in [0.2, 0.25) is 5.91 Å². The molecule has 2 unspecified atom stereocenters. The van der Waals surface area contributed by atoms with Crippen LogP contribution >= 0.6 is 0 Å². The summed E-state index contributed by atoms with van der Waals surface area (Å²) in [6.45, 7) is 20.9. The lowest BCUT2D eigenvalue weighted by atomic mass is 9.73. The Labute approximate surface area is 449 Å². The first-order valence-electron chi connectivity index (χ1n) is 26.2. The Morgan fingerprint density at radius 3 is 2.01 bits per heavy atom. The van der Waals surface area contributed by atoms with Gasteiger partial charge in [-0.2, -0.15) is 0 Å². The Hall–Kier alpha value is -7.20. The number of allylic oxidation sites excluding steroid dienone is 3. The fraction of sp³-hybridized carbons (Fsp3) is 0.467. The Balaban J connectivity index is 1.68. The van der Waals surface area contributed by atoms with Crippen LogP contribution in [-0.4, -0.2) is 90.2 Å². The first kappa shape index (κ1) is 59.7. The molecule has 76 heavy (non-hydrogen) atoms. The number of aromatic nitrogens is 1. The van der Waals surface area contributed by atoms with E-state index in [0.29, 0.717) is 12.0 Å². The minimum absolute atomic E-state index is 0.0204. The monoisotopic (exact) mass is 1040 g/mol. The number of pyridine rings is 1. The third-order valence-electron chi connectivity index (χ3n) is 13.6. The van der Waals surface area contributed by atoms with Crippen molar-refractivity contribution in [1.29, 1.82) is 0 Å². The van der Waals surface area contributed by atoms with Crippen LogP contribution in [0.4, 0.5) is 14.4 Å². The molecular formula is C60H80N6O10. The molecular weight excluding hydrogens is 965 g/mol. The van der Waals surface area contributed by atoms with E-state index in [0.717, 1.165) is 71.2 Å². The van der Waals surface area contributed by atoms with Gasteiger partial charge in [0.1, 0.15) is 29.7 Å². The number of unbranched alkanes of at least 4 members (excludes halogenated alkanes) is 2. The maximum Gasteiger partial charge on any atom is 0.514 e. The number of amides is 4. The number of aryl methyl sites for hydroxylation is 1. The van der Waals surface area contributed by atoms with Gasteiger partial charge in [-0.3, -0.25) is 20.0 Å². The summed E-state index contributed by atoms with van der Waals surface area (Å²) < 4.78 is 22.7. The third-order valence-corrected chi connectivity index (χ3v) is 13.6. The predicted molar refractivity (Wildman–Crippen MR) is 294 cm³/mol. The largest absolute Gasteiger partial charge is 0.514 e. The number of nitrogens with one attached hydrogen (secondary N) is 4. The van der Waals surface area contributed by atoms with Gasteiger partial charge in [0.05, 0.1) is 32.5 Å². The molecule has 0 radical (unpaired) electrons. The zero-order chi connectivity index (χ0) is 55.7. The zero-order valence-electron chi connectivity index (χ0n) is 46.3. The molecule has 1 heterocycles. The molecule has 1 aliphatic rings. The number of carbonyl (C=O) groups excluding carboxylic acids is 5. The zero-order valence-corrected chi connectivity index (χ0v) is 46.3. The van der Waals surface area contributed by atoms with Crippen LogP contribution in [0.1, 0.15) is 123 Å². The SMILES string of the molecule is C=C(C)C1CCC(C)=CC1c1c(O)cc(CCCCC)cc1OC(=O)O[C@@H](CN(Cc1ccc(-c2ccccn2)cc1)NC(=O)[C@@H](NC(=O)OC)C(C)(C)C)[C@H](Cc1ccccc1)NC(=O)[C@@H](NC(=O)OC)C(C)(C)C. The maximum absolute atomic E-state index is 15.0. The highest BCUT2D eigenvalue weighted by atomic mass is 16.7. The first-order chi connectivity index (χ1) is 36.0. The van der Waals surface area contributed by atoms with Crippen LogP contribution in [-0.2, 0) is 43.2 Å². The summed E-state index contributed by atoms with van der Waals surface area (Å²) in [6, 6.07) is 22.7. The molecule has 0 bridgehead atoms. The minimum atomic E-state index is -1.32. The Bertz CT molecular complexity index is 2630. The van der Waals surface area contributed by atoms with Crippen LogP contribution in [0, 0.1) is 16.7 Å². The van der Waals surface area contributed by atoms with Crippen molar-refractivity contribution in [3.8, 4) is 22.8 Å². The van der Waals surface area contributed by atoms with E-state index in [1.807, 2.05) is 86.6 Å². The molecule has 16 heteroatoms. The Kier molecular flexibility index (Phi) is 21.6.